The number of carbonyl (C=O) groups is 1. The van der Waals surface area contributed by atoms with Gasteiger partial charge in [0.1, 0.15) is 11.2 Å². The topological polar surface area (TPSA) is 93.8 Å². The molecule has 4 aromatic rings. The minimum absolute atomic E-state index is 0.0452. The van der Waals surface area contributed by atoms with Crippen molar-refractivity contribution in [1.82, 2.24) is 20.3 Å². The molecule has 1 amide bonds. The fraction of sp³-hybridized carbons (Fsp3) is 0.130. The third kappa shape index (κ3) is 3.52. The van der Waals surface area contributed by atoms with Gasteiger partial charge in [0.15, 0.2) is 0 Å². The number of rotatable bonds is 4. The van der Waals surface area contributed by atoms with Gasteiger partial charge in [-0.05, 0) is 37.1 Å². The third-order valence-corrected chi connectivity index (χ3v) is 4.94. The molecule has 0 unspecified atom stereocenters. The van der Waals surface area contributed by atoms with Crippen molar-refractivity contribution in [3.8, 4) is 22.5 Å². The Kier molecular flexibility index (Phi) is 4.17. The van der Waals surface area contributed by atoms with E-state index in [9.17, 15) is 4.79 Å². The van der Waals surface area contributed by atoms with E-state index in [1.807, 2.05) is 66.7 Å². The van der Waals surface area contributed by atoms with E-state index in [1.54, 1.807) is 0 Å². The lowest BCUT2D eigenvalue weighted by molar-refractivity contribution is 0.0951. The molecule has 2 aromatic heterocycles. The van der Waals surface area contributed by atoms with Crippen LogP contribution in [0.3, 0.4) is 0 Å². The second-order valence-electron chi connectivity index (χ2n) is 7.19. The number of carbonyl (C=O) groups excluding carboxylic acids is 1. The van der Waals surface area contributed by atoms with Gasteiger partial charge in [0, 0.05) is 22.7 Å². The van der Waals surface area contributed by atoms with Crippen LogP contribution in [-0.4, -0.2) is 26.9 Å². The molecule has 6 nitrogen and oxygen atoms in total. The highest BCUT2D eigenvalue weighted by Crippen LogP contribution is 2.28. The molecule has 1 saturated carbocycles. The Morgan fingerprint density at radius 1 is 0.897 bits per heavy atom. The Bertz CT molecular complexity index is 1220. The molecule has 0 atom stereocenters. The van der Waals surface area contributed by atoms with E-state index < -0.39 is 0 Å². The van der Waals surface area contributed by atoms with Crippen LogP contribution in [0.4, 0.5) is 5.95 Å². The fourth-order valence-electron chi connectivity index (χ4n) is 3.31. The summed E-state index contributed by atoms with van der Waals surface area (Å²) in [4.78, 5) is 26.0. The summed E-state index contributed by atoms with van der Waals surface area (Å²) in [6.07, 6.45) is 2.12. The van der Waals surface area contributed by atoms with Crippen molar-refractivity contribution >= 4 is 22.9 Å². The van der Waals surface area contributed by atoms with Crippen LogP contribution in [-0.2, 0) is 0 Å². The van der Waals surface area contributed by atoms with Crippen LogP contribution in [0.5, 0.6) is 0 Å². The number of anilines is 1. The minimum Gasteiger partial charge on any atom is -0.368 e. The number of aromatic nitrogens is 3. The number of fused-ring (bicyclic) bond motifs is 1. The number of pyridine rings is 1. The summed E-state index contributed by atoms with van der Waals surface area (Å²) in [6.45, 7) is 0. The van der Waals surface area contributed by atoms with E-state index in [0.717, 1.165) is 29.7 Å². The molecule has 0 bridgehead atoms. The maximum Gasteiger partial charge on any atom is 0.251 e. The van der Waals surface area contributed by atoms with Crippen LogP contribution < -0.4 is 11.1 Å². The molecule has 142 valence electrons. The molecule has 2 aromatic carbocycles. The smallest absolute Gasteiger partial charge is 0.251 e. The Balaban J connectivity index is 1.60. The molecule has 0 spiro atoms. The highest BCUT2D eigenvalue weighted by Gasteiger charge is 2.24. The number of nitrogens with one attached hydrogen (secondary N) is 1. The summed E-state index contributed by atoms with van der Waals surface area (Å²) in [5, 5.41) is 3.02. The second kappa shape index (κ2) is 6.98. The zero-order chi connectivity index (χ0) is 19.8. The van der Waals surface area contributed by atoms with Gasteiger partial charge in [0.25, 0.3) is 5.91 Å². The average Bonchev–Trinajstić information content (AvgIpc) is 3.57. The molecule has 1 aliphatic rings. The van der Waals surface area contributed by atoms with E-state index >= 15 is 0 Å². The summed E-state index contributed by atoms with van der Waals surface area (Å²) < 4.78 is 0. The summed E-state index contributed by atoms with van der Waals surface area (Å²) in [5.74, 6) is 0.167. The SMILES string of the molecule is Nc1nc(-c2ccccc2)c2nc(-c3cccc(C(=O)NC4CC4)c3)ccc2n1. The highest BCUT2D eigenvalue weighted by molar-refractivity contribution is 5.96. The van der Waals surface area contributed by atoms with Gasteiger partial charge in [-0.15, -0.1) is 0 Å². The van der Waals surface area contributed by atoms with Crippen molar-refractivity contribution in [2.24, 2.45) is 0 Å². The number of amides is 1. The van der Waals surface area contributed by atoms with Crippen LogP contribution in [0, 0.1) is 0 Å². The number of hydrogen-bond acceptors (Lipinski definition) is 5. The van der Waals surface area contributed by atoms with Crippen LogP contribution in [0.2, 0.25) is 0 Å². The maximum atomic E-state index is 12.4. The van der Waals surface area contributed by atoms with Crippen molar-refractivity contribution < 1.29 is 4.79 Å². The summed E-state index contributed by atoms with van der Waals surface area (Å²) >= 11 is 0. The molecule has 3 N–H and O–H groups in total. The highest BCUT2D eigenvalue weighted by atomic mass is 16.1. The van der Waals surface area contributed by atoms with Crippen molar-refractivity contribution in [2.45, 2.75) is 18.9 Å². The molecule has 1 aliphatic carbocycles. The van der Waals surface area contributed by atoms with Crippen molar-refractivity contribution in [1.29, 1.82) is 0 Å². The molecule has 6 heteroatoms. The minimum atomic E-state index is -0.0452. The van der Waals surface area contributed by atoms with E-state index in [0.29, 0.717) is 28.3 Å². The van der Waals surface area contributed by atoms with Crippen molar-refractivity contribution in [3.63, 3.8) is 0 Å². The third-order valence-electron chi connectivity index (χ3n) is 4.94. The normalized spacial score (nSPS) is 13.4. The molecule has 0 saturated heterocycles. The summed E-state index contributed by atoms with van der Waals surface area (Å²) in [7, 11) is 0. The van der Waals surface area contributed by atoms with Crippen molar-refractivity contribution in [2.75, 3.05) is 5.73 Å². The lowest BCUT2D eigenvalue weighted by Gasteiger charge is -2.09. The first-order valence-electron chi connectivity index (χ1n) is 9.58. The summed E-state index contributed by atoms with van der Waals surface area (Å²) in [5.41, 5.74) is 11.1. The van der Waals surface area contributed by atoms with Gasteiger partial charge in [-0.3, -0.25) is 4.79 Å². The quantitative estimate of drug-likeness (QED) is 0.560. The molecule has 29 heavy (non-hydrogen) atoms. The van der Waals surface area contributed by atoms with Gasteiger partial charge in [0.05, 0.1) is 11.2 Å². The van der Waals surface area contributed by atoms with Crippen LogP contribution in [0.15, 0.2) is 66.7 Å². The lowest BCUT2D eigenvalue weighted by Crippen LogP contribution is -2.25. The van der Waals surface area contributed by atoms with Gasteiger partial charge in [-0.2, -0.15) is 0 Å². The lowest BCUT2D eigenvalue weighted by atomic mass is 10.1. The first-order valence-corrected chi connectivity index (χ1v) is 9.58. The largest absolute Gasteiger partial charge is 0.368 e. The van der Waals surface area contributed by atoms with E-state index in [-0.39, 0.29) is 11.9 Å². The maximum absolute atomic E-state index is 12.4. The van der Waals surface area contributed by atoms with Gasteiger partial charge < -0.3 is 11.1 Å². The number of nitrogen functional groups attached to an aromatic ring is 1. The number of benzene rings is 2. The summed E-state index contributed by atoms with van der Waals surface area (Å²) in [6, 6.07) is 21.4. The van der Waals surface area contributed by atoms with E-state index in [2.05, 4.69) is 15.3 Å². The Morgan fingerprint density at radius 3 is 2.48 bits per heavy atom. The molecular weight excluding hydrogens is 362 g/mol. The molecular formula is C23H19N5O. The Labute approximate surface area is 167 Å². The Hall–Kier alpha value is -3.80. The van der Waals surface area contributed by atoms with Gasteiger partial charge in [0.2, 0.25) is 5.95 Å². The second-order valence-corrected chi connectivity index (χ2v) is 7.19. The van der Waals surface area contributed by atoms with E-state index in [1.165, 1.54) is 0 Å². The zero-order valence-corrected chi connectivity index (χ0v) is 15.7. The van der Waals surface area contributed by atoms with Crippen LogP contribution >= 0.6 is 0 Å². The van der Waals surface area contributed by atoms with Crippen LogP contribution in [0.25, 0.3) is 33.5 Å². The van der Waals surface area contributed by atoms with E-state index in [4.69, 9.17) is 10.7 Å². The predicted octanol–water partition coefficient (Wildman–Crippen LogP) is 3.83. The average molecular weight is 381 g/mol. The van der Waals surface area contributed by atoms with Gasteiger partial charge in [-0.25, -0.2) is 15.0 Å². The number of nitrogens with two attached hydrogens (primary N) is 1. The first-order chi connectivity index (χ1) is 14.2. The molecule has 1 fully saturated rings. The number of hydrogen-bond donors (Lipinski definition) is 2. The zero-order valence-electron chi connectivity index (χ0n) is 15.7. The van der Waals surface area contributed by atoms with Gasteiger partial charge in [-0.1, -0.05) is 42.5 Å². The Morgan fingerprint density at radius 2 is 1.69 bits per heavy atom. The van der Waals surface area contributed by atoms with Crippen molar-refractivity contribution in [3.05, 3.63) is 72.3 Å². The standard InChI is InChI=1S/C23H19N5O/c24-23-27-19-12-11-18(26-21(19)20(28-23)14-5-2-1-3-6-14)15-7-4-8-16(13-15)22(29)25-17-9-10-17/h1-8,11-13,17H,9-10H2,(H,25,29)(H2,24,27,28). The molecule has 0 aliphatic heterocycles. The molecule has 0 radical (unpaired) electrons. The fourth-order valence-corrected chi connectivity index (χ4v) is 3.31. The molecule has 2 heterocycles. The van der Waals surface area contributed by atoms with Gasteiger partial charge >= 0.3 is 0 Å². The first kappa shape index (κ1) is 17.3. The molecule has 5 rings (SSSR count). The van der Waals surface area contributed by atoms with Crippen LogP contribution in [0.1, 0.15) is 23.2 Å². The predicted molar refractivity (Wildman–Crippen MR) is 113 cm³/mol. The monoisotopic (exact) mass is 381 g/mol. The number of nitrogens with zero attached hydrogens (tertiary/aromatic N) is 3.